The number of aliphatic hydroxyl groups excluding tert-OH is 1. The molecule has 8 heteroatoms. The van der Waals surface area contributed by atoms with Crippen LogP contribution in [0.5, 0.6) is 11.5 Å². The molecule has 1 unspecified atom stereocenters. The van der Waals surface area contributed by atoms with E-state index < -0.39 is 29.5 Å². The number of carbonyl (C=O) groups excluding carboxylic acids is 2. The van der Waals surface area contributed by atoms with E-state index in [-0.39, 0.29) is 17.1 Å². The van der Waals surface area contributed by atoms with E-state index in [4.69, 9.17) is 9.47 Å². The molecule has 20 heavy (non-hydrogen) atoms. The van der Waals surface area contributed by atoms with Crippen LogP contribution in [0.2, 0.25) is 0 Å². The number of carbonyl (C=O) groups is 2. The Kier molecular flexibility index (Phi) is 5.15. The predicted octanol–water partition coefficient (Wildman–Crippen LogP) is 0.847. The summed E-state index contributed by atoms with van der Waals surface area (Å²) in [5.41, 5.74) is 0.175. The highest BCUT2D eigenvalue weighted by Gasteiger charge is 2.18. The van der Waals surface area contributed by atoms with Gasteiger partial charge in [-0.25, -0.2) is 0 Å². The third kappa shape index (κ3) is 4.65. The first kappa shape index (κ1) is 15.6. The minimum Gasteiger partial charge on any atom is -0.423 e. The second kappa shape index (κ2) is 6.62. The second-order valence-electron chi connectivity index (χ2n) is 3.92. The van der Waals surface area contributed by atoms with Gasteiger partial charge in [-0.1, -0.05) is 6.07 Å². The summed E-state index contributed by atoms with van der Waals surface area (Å²) >= 11 is 0. The van der Waals surface area contributed by atoms with Gasteiger partial charge in [0.2, 0.25) is 6.54 Å². The Morgan fingerprint density at radius 3 is 2.30 bits per heavy atom. The summed E-state index contributed by atoms with van der Waals surface area (Å²) < 4.78 is 9.68. The van der Waals surface area contributed by atoms with Gasteiger partial charge in [0, 0.05) is 18.8 Å². The molecule has 0 aliphatic heterocycles. The van der Waals surface area contributed by atoms with Gasteiger partial charge in [-0.2, -0.15) is 0 Å². The molecule has 1 rings (SSSR count). The molecule has 0 bridgehead atoms. The number of hydrogen-bond donors (Lipinski definition) is 1. The average molecular weight is 283 g/mol. The molecule has 0 spiro atoms. The summed E-state index contributed by atoms with van der Waals surface area (Å²) in [7, 11) is 0. The Morgan fingerprint density at radius 1 is 1.25 bits per heavy atom. The molecule has 0 fully saturated rings. The monoisotopic (exact) mass is 283 g/mol. The zero-order valence-electron chi connectivity index (χ0n) is 10.9. The van der Waals surface area contributed by atoms with Gasteiger partial charge in [0.05, 0.1) is 0 Å². The third-order valence-corrected chi connectivity index (χ3v) is 2.18. The Morgan fingerprint density at radius 2 is 1.80 bits per heavy atom. The van der Waals surface area contributed by atoms with Crippen LogP contribution in [0.25, 0.3) is 0 Å². The maximum absolute atomic E-state index is 11.0. The van der Waals surface area contributed by atoms with Crippen LogP contribution in [0.4, 0.5) is 0 Å². The van der Waals surface area contributed by atoms with Crippen LogP contribution >= 0.6 is 0 Å². The van der Waals surface area contributed by atoms with Crippen LogP contribution in [0.3, 0.4) is 0 Å². The van der Waals surface area contributed by atoms with Crippen molar-refractivity contribution in [1.82, 2.24) is 0 Å². The molecule has 0 radical (unpaired) electrons. The van der Waals surface area contributed by atoms with Gasteiger partial charge in [0.25, 0.3) is 0 Å². The van der Waals surface area contributed by atoms with Crippen molar-refractivity contribution >= 4 is 11.9 Å². The lowest BCUT2D eigenvalue weighted by Crippen LogP contribution is -2.13. The first-order valence-electron chi connectivity index (χ1n) is 5.60. The van der Waals surface area contributed by atoms with E-state index in [1.807, 2.05) is 0 Å². The summed E-state index contributed by atoms with van der Waals surface area (Å²) in [6.45, 7) is 1.64. The first-order chi connectivity index (χ1) is 9.29. The topological polar surface area (TPSA) is 116 Å². The number of nitro groups is 1. The van der Waals surface area contributed by atoms with E-state index in [0.29, 0.717) is 0 Å². The largest absolute Gasteiger partial charge is 0.423 e. The maximum Gasteiger partial charge on any atom is 0.308 e. The standard InChI is InChI=1S/C12H13NO7/c1-7(14)19-11-4-3-9(10(16)6-13(17)18)5-12(11)20-8(2)15/h3-5,10,16H,6H2,1-2H3. The van der Waals surface area contributed by atoms with Crippen LogP contribution in [-0.4, -0.2) is 28.5 Å². The van der Waals surface area contributed by atoms with E-state index in [1.165, 1.54) is 25.1 Å². The highest BCUT2D eigenvalue weighted by Crippen LogP contribution is 2.31. The average Bonchev–Trinajstić information content (AvgIpc) is 2.29. The van der Waals surface area contributed by atoms with Crippen molar-refractivity contribution < 1.29 is 29.1 Å². The number of aliphatic hydroxyl groups is 1. The molecule has 0 aliphatic carbocycles. The van der Waals surface area contributed by atoms with Gasteiger partial charge in [0.15, 0.2) is 11.5 Å². The lowest BCUT2D eigenvalue weighted by atomic mass is 10.1. The minimum absolute atomic E-state index is 0.00949. The Bertz CT molecular complexity index is 541. The highest BCUT2D eigenvalue weighted by atomic mass is 16.6. The first-order valence-corrected chi connectivity index (χ1v) is 5.60. The number of hydrogen-bond acceptors (Lipinski definition) is 7. The Labute approximate surface area is 114 Å². The van der Waals surface area contributed by atoms with Crippen LogP contribution in [0.1, 0.15) is 25.5 Å². The van der Waals surface area contributed by atoms with Gasteiger partial charge in [-0.05, 0) is 17.7 Å². The minimum atomic E-state index is -1.36. The van der Waals surface area contributed by atoms with Crippen LogP contribution in [-0.2, 0) is 9.59 Å². The van der Waals surface area contributed by atoms with E-state index in [1.54, 1.807) is 0 Å². The van der Waals surface area contributed by atoms with Crippen molar-refractivity contribution in [2.45, 2.75) is 20.0 Å². The molecular formula is C12H13NO7. The zero-order chi connectivity index (χ0) is 15.3. The molecule has 0 heterocycles. The summed E-state index contributed by atoms with van der Waals surface area (Å²) in [5, 5.41) is 20.0. The zero-order valence-corrected chi connectivity index (χ0v) is 10.9. The highest BCUT2D eigenvalue weighted by molar-refractivity contribution is 5.73. The summed E-state index contributed by atoms with van der Waals surface area (Å²) in [6.07, 6.45) is -1.36. The lowest BCUT2D eigenvalue weighted by Gasteiger charge is -2.12. The normalized spacial score (nSPS) is 11.6. The summed E-state index contributed by atoms with van der Waals surface area (Å²) in [6, 6.07) is 3.85. The molecule has 0 saturated heterocycles. The van der Waals surface area contributed by atoms with E-state index in [2.05, 4.69) is 0 Å². The van der Waals surface area contributed by atoms with Gasteiger partial charge >= 0.3 is 11.9 Å². The van der Waals surface area contributed by atoms with Crippen LogP contribution < -0.4 is 9.47 Å². The van der Waals surface area contributed by atoms with Gasteiger partial charge in [0.1, 0.15) is 6.10 Å². The Balaban J connectivity index is 3.09. The van der Waals surface area contributed by atoms with Crippen molar-refractivity contribution in [2.24, 2.45) is 0 Å². The molecule has 1 aromatic carbocycles. The van der Waals surface area contributed by atoms with Gasteiger partial charge in [-0.3, -0.25) is 19.7 Å². The molecule has 0 saturated carbocycles. The third-order valence-electron chi connectivity index (χ3n) is 2.18. The van der Waals surface area contributed by atoms with Crippen LogP contribution in [0, 0.1) is 10.1 Å². The van der Waals surface area contributed by atoms with Crippen molar-refractivity contribution in [2.75, 3.05) is 6.54 Å². The number of esters is 2. The van der Waals surface area contributed by atoms with Crippen molar-refractivity contribution in [3.05, 3.63) is 33.9 Å². The fourth-order valence-corrected chi connectivity index (χ4v) is 1.45. The van der Waals surface area contributed by atoms with Gasteiger partial charge < -0.3 is 14.6 Å². The fraction of sp³-hybridized carbons (Fsp3) is 0.333. The molecule has 8 nitrogen and oxygen atoms in total. The quantitative estimate of drug-likeness (QED) is 0.368. The van der Waals surface area contributed by atoms with Gasteiger partial charge in [-0.15, -0.1) is 0 Å². The molecule has 0 amide bonds. The molecule has 1 aromatic rings. The molecule has 1 atom stereocenters. The van der Waals surface area contributed by atoms with E-state index in [9.17, 15) is 24.8 Å². The number of rotatable bonds is 5. The van der Waals surface area contributed by atoms with Crippen molar-refractivity contribution in [3.63, 3.8) is 0 Å². The number of benzene rings is 1. The molecule has 1 N–H and O–H groups in total. The predicted molar refractivity (Wildman–Crippen MR) is 65.9 cm³/mol. The SMILES string of the molecule is CC(=O)Oc1ccc(C(O)C[N+](=O)[O-])cc1OC(C)=O. The smallest absolute Gasteiger partial charge is 0.308 e. The fourth-order valence-electron chi connectivity index (χ4n) is 1.45. The summed E-state index contributed by atoms with van der Waals surface area (Å²) in [5.74, 6) is -1.37. The summed E-state index contributed by atoms with van der Waals surface area (Å²) in [4.78, 5) is 31.6. The van der Waals surface area contributed by atoms with Crippen LogP contribution in [0.15, 0.2) is 18.2 Å². The number of ether oxygens (including phenoxy) is 2. The van der Waals surface area contributed by atoms with E-state index in [0.717, 1.165) is 6.92 Å². The van der Waals surface area contributed by atoms with Crippen molar-refractivity contribution in [1.29, 1.82) is 0 Å². The number of nitrogens with zero attached hydrogens (tertiary/aromatic N) is 1. The lowest BCUT2D eigenvalue weighted by molar-refractivity contribution is -0.491. The molecule has 108 valence electrons. The van der Waals surface area contributed by atoms with E-state index >= 15 is 0 Å². The molecule has 0 aromatic heterocycles. The molecular weight excluding hydrogens is 270 g/mol. The molecule has 0 aliphatic rings. The maximum atomic E-state index is 11.0. The van der Waals surface area contributed by atoms with Crippen molar-refractivity contribution in [3.8, 4) is 11.5 Å². The second-order valence-corrected chi connectivity index (χ2v) is 3.92. The Hall–Kier alpha value is -2.48.